The van der Waals surface area contributed by atoms with Gasteiger partial charge in [0.2, 0.25) is 0 Å². The van der Waals surface area contributed by atoms with Crippen LogP contribution in [-0.2, 0) is 4.79 Å². The van der Waals surface area contributed by atoms with Crippen molar-refractivity contribution in [2.75, 3.05) is 6.54 Å². The average Bonchev–Trinajstić information content (AvgIpc) is 2.72. The molecule has 2 atom stereocenters. The minimum absolute atomic E-state index is 0.0953. The highest BCUT2D eigenvalue weighted by Gasteiger charge is 2.34. The SMILES string of the molecule is CCCNC(C)(CC(C)n1ccnc1C)C(=O)O. The van der Waals surface area contributed by atoms with Crippen molar-refractivity contribution in [2.24, 2.45) is 0 Å². The van der Waals surface area contributed by atoms with Crippen LogP contribution < -0.4 is 5.32 Å². The van der Waals surface area contributed by atoms with Gasteiger partial charge in [-0.05, 0) is 40.2 Å². The molecule has 2 unspecified atom stereocenters. The van der Waals surface area contributed by atoms with Gasteiger partial charge in [-0.3, -0.25) is 4.79 Å². The summed E-state index contributed by atoms with van der Waals surface area (Å²) in [7, 11) is 0. The third kappa shape index (κ3) is 3.32. The maximum absolute atomic E-state index is 11.4. The summed E-state index contributed by atoms with van der Waals surface area (Å²) in [4.78, 5) is 15.6. The van der Waals surface area contributed by atoms with Crippen LogP contribution in [-0.4, -0.2) is 32.7 Å². The first-order chi connectivity index (χ1) is 8.40. The number of carbonyl (C=O) groups is 1. The van der Waals surface area contributed by atoms with E-state index in [9.17, 15) is 9.90 Å². The second-order valence-corrected chi connectivity index (χ2v) is 5.00. The fourth-order valence-corrected chi connectivity index (χ4v) is 2.18. The van der Waals surface area contributed by atoms with Crippen LogP contribution >= 0.6 is 0 Å². The Hall–Kier alpha value is -1.36. The van der Waals surface area contributed by atoms with Crippen molar-refractivity contribution >= 4 is 5.97 Å². The first-order valence-electron chi connectivity index (χ1n) is 6.38. The normalized spacial score (nSPS) is 16.2. The van der Waals surface area contributed by atoms with Crippen LogP contribution in [0.1, 0.15) is 45.5 Å². The van der Waals surface area contributed by atoms with Crippen molar-refractivity contribution in [1.29, 1.82) is 0 Å². The summed E-state index contributed by atoms with van der Waals surface area (Å²) in [6, 6.07) is 0.0953. The third-order valence-corrected chi connectivity index (χ3v) is 3.28. The van der Waals surface area contributed by atoms with Gasteiger partial charge in [0.25, 0.3) is 0 Å². The molecule has 0 aliphatic carbocycles. The lowest BCUT2D eigenvalue weighted by Crippen LogP contribution is -2.51. The number of carboxylic acids is 1. The number of hydrogen-bond donors (Lipinski definition) is 2. The molecule has 0 radical (unpaired) electrons. The van der Waals surface area contributed by atoms with Gasteiger partial charge in [-0.15, -0.1) is 0 Å². The average molecular weight is 253 g/mol. The Bertz CT molecular complexity index is 403. The standard InChI is InChI=1S/C13H23N3O2/c1-5-6-15-13(4,12(17)18)9-10(2)16-8-7-14-11(16)3/h7-8,10,15H,5-6,9H2,1-4H3,(H,17,18). The molecule has 0 fully saturated rings. The van der Waals surface area contributed by atoms with Gasteiger partial charge in [0.15, 0.2) is 0 Å². The molecule has 1 heterocycles. The van der Waals surface area contributed by atoms with Gasteiger partial charge in [-0.2, -0.15) is 0 Å². The van der Waals surface area contributed by atoms with Crippen molar-refractivity contribution in [3.05, 3.63) is 18.2 Å². The summed E-state index contributed by atoms with van der Waals surface area (Å²) in [5, 5.41) is 12.5. The van der Waals surface area contributed by atoms with Crippen LogP contribution in [0.5, 0.6) is 0 Å². The molecular formula is C13H23N3O2. The number of rotatable bonds is 7. The number of aryl methyl sites for hydroxylation is 1. The largest absolute Gasteiger partial charge is 0.480 e. The van der Waals surface area contributed by atoms with Gasteiger partial charge in [-0.25, -0.2) is 4.98 Å². The van der Waals surface area contributed by atoms with E-state index in [2.05, 4.69) is 10.3 Å². The molecule has 5 nitrogen and oxygen atoms in total. The topological polar surface area (TPSA) is 67.2 Å². The first kappa shape index (κ1) is 14.7. The van der Waals surface area contributed by atoms with Crippen molar-refractivity contribution in [3.63, 3.8) is 0 Å². The molecule has 0 saturated carbocycles. The fourth-order valence-electron chi connectivity index (χ4n) is 2.18. The zero-order chi connectivity index (χ0) is 13.8. The molecule has 2 N–H and O–H groups in total. The van der Waals surface area contributed by atoms with E-state index in [0.717, 1.165) is 12.2 Å². The Morgan fingerprint density at radius 1 is 1.67 bits per heavy atom. The van der Waals surface area contributed by atoms with E-state index in [4.69, 9.17) is 0 Å². The van der Waals surface area contributed by atoms with Crippen molar-refractivity contribution < 1.29 is 9.90 Å². The van der Waals surface area contributed by atoms with E-state index >= 15 is 0 Å². The molecule has 0 amide bonds. The molecule has 0 aliphatic rings. The van der Waals surface area contributed by atoms with Crippen LogP contribution in [0.3, 0.4) is 0 Å². The smallest absolute Gasteiger partial charge is 0.323 e. The van der Waals surface area contributed by atoms with Gasteiger partial charge in [0, 0.05) is 18.4 Å². The molecule has 18 heavy (non-hydrogen) atoms. The molecule has 0 aromatic carbocycles. The summed E-state index contributed by atoms with van der Waals surface area (Å²) in [6.07, 6.45) is 5.08. The molecule has 1 aromatic heterocycles. The van der Waals surface area contributed by atoms with Crippen molar-refractivity contribution in [1.82, 2.24) is 14.9 Å². The Balaban J connectivity index is 2.78. The lowest BCUT2D eigenvalue weighted by Gasteiger charge is -2.30. The summed E-state index contributed by atoms with van der Waals surface area (Å²) < 4.78 is 2.01. The highest BCUT2D eigenvalue weighted by atomic mass is 16.4. The van der Waals surface area contributed by atoms with E-state index in [1.54, 1.807) is 13.1 Å². The zero-order valence-corrected chi connectivity index (χ0v) is 11.6. The van der Waals surface area contributed by atoms with Gasteiger partial charge < -0.3 is 15.0 Å². The lowest BCUT2D eigenvalue weighted by molar-refractivity contribution is -0.144. The number of nitrogens with one attached hydrogen (secondary N) is 1. The predicted molar refractivity (Wildman–Crippen MR) is 70.6 cm³/mol. The maximum Gasteiger partial charge on any atom is 0.323 e. The summed E-state index contributed by atoms with van der Waals surface area (Å²) in [6.45, 7) is 8.42. The number of hydrogen-bond acceptors (Lipinski definition) is 3. The van der Waals surface area contributed by atoms with Crippen molar-refractivity contribution in [2.45, 2.75) is 52.1 Å². The van der Waals surface area contributed by atoms with E-state index in [1.165, 1.54) is 0 Å². The number of aromatic nitrogens is 2. The van der Waals surface area contributed by atoms with Gasteiger partial charge in [0.1, 0.15) is 11.4 Å². The molecular weight excluding hydrogens is 230 g/mol. The predicted octanol–water partition coefficient (Wildman–Crippen LogP) is 1.99. The first-order valence-corrected chi connectivity index (χ1v) is 6.38. The molecule has 1 rings (SSSR count). The lowest BCUT2D eigenvalue weighted by atomic mass is 9.93. The highest BCUT2D eigenvalue weighted by Crippen LogP contribution is 2.22. The molecule has 0 aliphatic heterocycles. The number of nitrogens with zero attached hydrogens (tertiary/aromatic N) is 2. The summed E-state index contributed by atoms with van der Waals surface area (Å²) in [5.74, 6) is 0.103. The van der Waals surface area contributed by atoms with Crippen LogP contribution in [0.2, 0.25) is 0 Å². The van der Waals surface area contributed by atoms with Gasteiger partial charge in [-0.1, -0.05) is 6.92 Å². The molecule has 5 heteroatoms. The monoisotopic (exact) mass is 253 g/mol. The van der Waals surface area contributed by atoms with Gasteiger partial charge >= 0.3 is 5.97 Å². The van der Waals surface area contributed by atoms with E-state index in [1.807, 2.05) is 31.5 Å². The molecule has 0 bridgehead atoms. The Kier molecular flexibility index (Phi) is 4.90. The fraction of sp³-hybridized carbons (Fsp3) is 0.692. The summed E-state index contributed by atoms with van der Waals surface area (Å²) >= 11 is 0. The second-order valence-electron chi connectivity index (χ2n) is 5.00. The van der Waals surface area contributed by atoms with Crippen molar-refractivity contribution in [3.8, 4) is 0 Å². The second kappa shape index (κ2) is 6.00. The van der Waals surface area contributed by atoms with Crippen LogP contribution in [0.25, 0.3) is 0 Å². The maximum atomic E-state index is 11.4. The number of imidazole rings is 1. The Labute approximate surface area is 108 Å². The number of aliphatic carboxylic acids is 1. The number of carboxylic acid groups (broad SMARTS) is 1. The molecule has 102 valence electrons. The summed E-state index contributed by atoms with van der Waals surface area (Å²) in [5.41, 5.74) is -0.897. The van der Waals surface area contributed by atoms with Crippen LogP contribution in [0.15, 0.2) is 12.4 Å². The highest BCUT2D eigenvalue weighted by molar-refractivity contribution is 5.78. The van der Waals surface area contributed by atoms with E-state index in [0.29, 0.717) is 13.0 Å². The molecule has 0 saturated heterocycles. The molecule has 0 spiro atoms. The minimum atomic E-state index is -0.897. The van der Waals surface area contributed by atoms with E-state index < -0.39 is 11.5 Å². The van der Waals surface area contributed by atoms with Gasteiger partial charge in [0.05, 0.1) is 0 Å². The minimum Gasteiger partial charge on any atom is -0.480 e. The Morgan fingerprint density at radius 2 is 2.33 bits per heavy atom. The molecule has 1 aromatic rings. The van der Waals surface area contributed by atoms with Crippen LogP contribution in [0, 0.1) is 6.92 Å². The quantitative estimate of drug-likeness (QED) is 0.779. The van der Waals surface area contributed by atoms with Crippen LogP contribution in [0.4, 0.5) is 0 Å². The Morgan fingerprint density at radius 3 is 2.78 bits per heavy atom. The zero-order valence-electron chi connectivity index (χ0n) is 11.6. The van der Waals surface area contributed by atoms with E-state index in [-0.39, 0.29) is 6.04 Å². The third-order valence-electron chi connectivity index (χ3n) is 3.28.